The Morgan fingerprint density at radius 2 is 2.00 bits per heavy atom. The fraction of sp³-hybridized carbons (Fsp3) is 0.296. The third kappa shape index (κ3) is 6.65. The van der Waals surface area contributed by atoms with Gasteiger partial charge in [-0.25, -0.2) is 4.68 Å². The highest BCUT2D eigenvalue weighted by molar-refractivity contribution is 7.19. The lowest BCUT2D eigenvalue weighted by atomic mass is 9.93. The second-order valence-electron chi connectivity index (χ2n) is 9.50. The van der Waals surface area contributed by atoms with E-state index in [0.717, 1.165) is 27.7 Å². The van der Waals surface area contributed by atoms with Crippen molar-refractivity contribution in [3.05, 3.63) is 81.4 Å². The third-order valence-electron chi connectivity index (χ3n) is 6.75. The van der Waals surface area contributed by atoms with Gasteiger partial charge in [0.15, 0.2) is 0 Å². The molecule has 3 atom stereocenters. The van der Waals surface area contributed by atoms with E-state index in [-0.39, 0.29) is 24.4 Å². The number of rotatable bonds is 9. The lowest BCUT2D eigenvalue weighted by molar-refractivity contribution is -0.129. The standard InChI is InChI=1S/C27H27Cl2N7O2S/c1-16(26(37)31-14-19-12-20(28)6-7-23(19)36-15-32-34-35-36)33-27(38)22-11-17(13-30-22)10-18-4-2-3-5-21(18)24-8-9-25(29)39-24/h2-9,12,15-17,22,30H,10-11,13-14H2,1H3,(H,31,37)(H,33,38)/t16-,17-,22+/m0/s1. The van der Waals surface area contributed by atoms with Gasteiger partial charge in [-0.05, 0) is 89.7 Å². The maximum Gasteiger partial charge on any atom is 0.242 e. The van der Waals surface area contributed by atoms with Crippen LogP contribution in [-0.4, -0.2) is 50.7 Å². The van der Waals surface area contributed by atoms with Crippen LogP contribution in [0.4, 0.5) is 0 Å². The monoisotopic (exact) mass is 583 g/mol. The summed E-state index contributed by atoms with van der Waals surface area (Å²) in [5, 5.41) is 20.8. The van der Waals surface area contributed by atoms with E-state index in [0.29, 0.717) is 23.0 Å². The summed E-state index contributed by atoms with van der Waals surface area (Å²) in [5.74, 6) is -0.186. The maximum absolute atomic E-state index is 13.0. The summed E-state index contributed by atoms with van der Waals surface area (Å²) in [6, 6.07) is 16.5. The van der Waals surface area contributed by atoms with Crippen LogP contribution >= 0.6 is 34.5 Å². The number of tetrazole rings is 1. The number of nitrogens with one attached hydrogen (secondary N) is 3. The average Bonchev–Trinajstić information content (AvgIpc) is 3.70. The molecule has 9 nitrogen and oxygen atoms in total. The van der Waals surface area contributed by atoms with Crippen LogP contribution in [0.3, 0.4) is 0 Å². The molecule has 0 radical (unpaired) electrons. The number of halogens is 2. The van der Waals surface area contributed by atoms with Crippen molar-refractivity contribution in [3.63, 3.8) is 0 Å². The van der Waals surface area contributed by atoms with Crippen molar-refractivity contribution in [1.82, 2.24) is 36.2 Å². The molecule has 1 fully saturated rings. The Labute approximate surface area is 239 Å². The Morgan fingerprint density at radius 3 is 2.77 bits per heavy atom. The fourth-order valence-corrected chi connectivity index (χ4v) is 6.08. The molecule has 2 aromatic heterocycles. The molecule has 1 aliphatic rings. The SMILES string of the molecule is C[C@H](NC(=O)[C@H]1C[C@H](Cc2ccccc2-c2ccc(Cl)s2)CN1)C(=O)NCc1cc(Cl)ccc1-n1cnnn1. The number of hydrogen-bond acceptors (Lipinski definition) is 7. The summed E-state index contributed by atoms with van der Waals surface area (Å²) in [4.78, 5) is 26.9. The molecule has 3 heterocycles. The first-order valence-corrected chi connectivity index (χ1v) is 14.1. The predicted octanol–water partition coefficient (Wildman–Crippen LogP) is 4.04. The van der Waals surface area contributed by atoms with Gasteiger partial charge in [-0.1, -0.05) is 47.5 Å². The first kappa shape index (κ1) is 27.3. The lowest BCUT2D eigenvalue weighted by Gasteiger charge is -2.18. The highest BCUT2D eigenvalue weighted by Crippen LogP contribution is 2.34. The third-order valence-corrected chi connectivity index (χ3v) is 8.25. The minimum atomic E-state index is -0.710. The number of thiophene rings is 1. The lowest BCUT2D eigenvalue weighted by Crippen LogP contribution is -2.50. The van der Waals surface area contributed by atoms with E-state index in [9.17, 15) is 9.59 Å². The van der Waals surface area contributed by atoms with Crippen LogP contribution in [0.5, 0.6) is 0 Å². The van der Waals surface area contributed by atoms with Gasteiger partial charge in [0, 0.05) is 16.4 Å². The molecule has 4 aromatic rings. The summed E-state index contributed by atoms with van der Waals surface area (Å²) in [5.41, 5.74) is 3.85. The molecular formula is C27H27Cl2N7O2S. The van der Waals surface area contributed by atoms with Gasteiger partial charge in [-0.2, -0.15) is 0 Å². The van der Waals surface area contributed by atoms with E-state index >= 15 is 0 Å². The van der Waals surface area contributed by atoms with E-state index in [2.05, 4.69) is 43.6 Å². The van der Waals surface area contributed by atoms with Gasteiger partial charge >= 0.3 is 0 Å². The number of carbonyl (C=O) groups excluding carboxylic acids is 2. The minimum absolute atomic E-state index is 0.185. The van der Waals surface area contributed by atoms with E-state index < -0.39 is 6.04 Å². The van der Waals surface area contributed by atoms with Crippen LogP contribution in [0.25, 0.3) is 16.1 Å². The number of benzene rings is 2. The molecule has 12 heteroatoms. The molecule has 0 aliphatic carbocycles. The molecule has 39 heavy (non-hydrogen) atoms. The van der Waals surface area contributed by atoms with Crippen molar-refractivity contribution < 1.29 is 9.59 Å². The Kier molecular flexibility index (Phi) is 8.56. The van der Waals surface area contributed by atoms with Gasteiger partial charge in [-0.15, -0.1) is 16.4 Å². The van der Waals surface area contributed by atoms with Crippen LogP contribution in [0.15, 0.2) is 60.9 Å². The van der Waals surface area contributed by atoms with Gasteiger partial charge in [0.2, 0.25) is 11.8 Å². The van der Waals surface area contributed by atoms with Crippen LogP contribution in [0, 0.1) is 5.92 Å². The first-order chi connectivity index (χ1) is 18.9. The van der Waals surface area contributed by atoms with E-state index in [4.69, 9.17) is 23.2 Å². The highest BCUT2D eigenvalue weighted by Gasteiger charge is 2.31. The summed E-state index contributed by atoms with van der Waals surface area (Å²) in [7, 11) is 0. The van der Waals surface area contributed by atoms with Crippen LogP contribution in [0.2, 0.25) is 9.36 Å². The van der Waals surface area contributed by atoms with Crippen LogP contribution in [-0.2, 0) is 22.6 Å². The molecule has 2 amide bonds. The molecule has 0 unspecified atom stereocenters. The Bertz CT molecular complexity index is 1460. The number of amides is 2. The minimum Gasteiger partial charge on any atom is -0.350 e. The Balaban J connectivity index is 1.14. The van der Waals surface area contributed by atoms with Crippen molar-refractivity contribution in [2.75, 3.05) is 6.54 Å². The molecular weight excluding hydrogens is 557 g/mol. The Morgan fingerprint density at radius 1 is 1.15 bits per heavy atom. The summed E-state index contributed by atoms with van der Waals surface area (Å²) < 4.78 is 2.26. The van der Waals surface area contributed by atoms with E-state index in [1.54, 1.807) is 36.5 Å². The molecule has 2 aromatic carbocycles. The fourth-order valence-electron chi connectivity index (χ4n) is 4.78. The molecule has 3 N–H and O–H groups in total. The van der Waals surface area contributed by atoms with Gasteiger partial charge in [0.25, 0.3) is 0 Å². The average molecular weight is 585 g/mol. The van der Waals surface area contributed by atoms with Gasteiger partial charge in [0.05, 0.1) is 16.1 Å². The molecule has 0 spiro atoms. The van der Waals surface area contributed by atoms with Crippen LogP contribution in [0.1, 0.15) is 24.5 Å². The summed E-state index contributed by atoms with van der Waals surface area (Å²) >= 11 is 13.9. The van der Waals surface area contributed by atoms with Crippen molar-refractivity contribution >= 4 is 46.4 Å². The smallest absolute Gasteiger partial charge is 0.242 e. The zero-order chi connectivity index (χ0) is 27.4. The van der Waals surface area contributed by atoms with E-state index in [1.165, 1.54) is 22.1 Å². The zero-order valence-corrected chi connectivity index (χ0v) is 23.4. The number of hydrogen-bond donors (Lipinski definition) is 3. The molecule has 0 bridgehead atoms. The first-order valence-electron chi connectivity index (χ1n) is 12.5. The van der Waals surface area contributed by atoms with Crippen molar-refractivity contribution in [3.8, 4) is 16.1 Å². The molecule has 1 saturated heterocycles. The van der Waals surface area contributed by atoms with Gasteiger partial charge < -0.3 is 16.0 Å². The quantitative estimate of drug-likeness (QED) is 0.274. The molecule has 0 saturated carbocycles. The van der Waals surface area contributed by atoms with E-state index in [1.807, 2.05) is 24.3 Å². The number of aromatic nitrogens is 4. The number of nitrogens with zero attached hydrogens (tertiary/aromatic N) is 4. The zero-order valence-electron chi connectivity index (χ0n) is 21.1. The second kappa shape index (κ2) is 12.3. The maximum atomic E-state index is 13.0. The largest absolute Gasteiger partial charge is 0.350 e. The summed E-state index contributed by atoms with van der Waals surface area (Å²) in [6.07, 6.45) is 3.01. The molecule has 5 rings (SSSR count). The van der Waals surface area contributed by atoms with Gasteiger partial charge in [-0.3, -0.25) is 9.59 Å². The predicted molar refractivity (Wildman–Crippen MR) is 152 cm³/mol. The molecule has 202 valence electrons. The highest BCUT2D eigenvalue weighted by atomic mass is 35.5. The van der Waals surface area contributed by atoms with Crippen LogP contribution < -0.4 is 16.0 Å². The van der Waals surface area contributed by atoms with Crippen molar-refractivity contribution in [1.29, 1.82) is 0 Å². The van der Waals surface area contributed by atoms with Gasteiger partial charge in [0.1, 0.15) is 12.4 Å². The summed E-state index contributed by atoms with van der Waals surface area (Å²) in [6.45, 7) is 2.60. The second-order valence-corrected chi connectivity index (χ2v) is 11.7. The molecule has 1 aliphatic heterocycles. The topological polar surface area (TPSA) is 114 Å². The normalized spacial score (nSPS) is 17.6. The Hall–Kier alpha value is -3.31. The van der Waals surface area contributed by atoms with Crippen molar-refractivity contribution in [2.24, 2.45) is 5.92 Å². The number of carbonyl (C=O) groups is 2. The van der Waals surface area contributed by atoms with Crippen molar-refractivity contribution in [2.45, 2.75) is 38.4 Å².